The Morgan fingerprint density at radius 3 is 1.35 bits per heavy atom. The molecule has 0 aromatic heterocycles. The van der Waals surface area contributed by atoms with Crippen LogP contribution in [0.2, 0.25) is 0 Å². The van der Waals surface area contributed by atoms with Crippen molar-refractivity contribution in [3.63, 3.8) is 0 Å². The van der Waals surface area contributed by atoms with E-state index in [4.69, 9.17) is 31.5 Å². The summed E-state index contributed by atoms with van der Waals surface area (Å²) in [5, 5.41) is 17.4. The van der Waals surface area contributed by atoms with E-state index in [1.54, 1.807) is 36.4 Å². The van der Waals surface area contributed by atoms with Crippen LogP contribution in [0, 0.1) is 0 Å². The predicted molar refractivity (Wildman–Crippen MR) is 94.8 cm³/mol. The molecule has 0 unspecified atom stereocenters. The van der Waals surface area contributed by atoms with Gasteiger partial charge in [0.2, 0.25) is 0 Å². The fourth-order valence-corrected chi connectivity index (χ4v) is 2.22. The Kier molecular flexibility index (Phi) is 4.97. The standard InChI is InChI=1S/C18H16N2O6/c19-13-9-11(5-7-15(13)25-21)23-17-3-1-2-4-18(17)24-12-6-8-16(26-22)14(20)10-12/h1-10,21-22H,19-20H2. The third kappa shape index (κ3) is 3.72. The van der Waals surface area contributed by atoms with Gasteiger partial charge >= 0.3 is 0 Å². The second-order valence-corrected chi connectivity index (χ2v) is 5.23. The van der Waals surface area contributed by atoms with Gasteiger partial charge in [-0.1, -0.05) is 12.1 Å². The third-order valence-corrected chi connectivity index (χ3v) is 3.46. The first-order valence-corrected chi connectivity index (χ1v) is 7.47. The summed E-state index contributed by atoms with van der Waals surface area (Å²) < 4.78 is 11.6. The second-order valence-electron chi connectivity index (χ2n) is 5.23. The summed E-state index contributed by atoms with van der Waals surface area (Å²) in [5.74, 6) is 1.99. The highest BCUT2D eigenvalue weighted by molar-refractivity contribution is 5.58. The lowest BCUT2D eigenvalue weighted by Gasteiger charge is -2.13. The minimum atomic E-state index is 0.128. The summed E-state index contributed by atoms with van der Waals surface area (Å²) in [6.07, 6.45) is 0. The van der Waals surface area contributed by atoms with E-state index in [1.165, 1.54) is 24.3 Å². The first kappa shape index (κ1) is 17.2. The van der Waals surface area contributed by atoms with Crippen LogP contribution in [0.5, 0.6) is 34.5 Å². The predicted octanol–water partition coefficient (Wildman–Crippen LogP) is 4.14. The van der Waals surface area contributed by atoms with Crippen molar-refractivity contribution in [1.29, 1.82) is 0 Å². The lowest BCUT2D eigenvalue weighted by Crippen LogP contribution is -1.95. The molecule has 0 saturated carbocycles. The molecule has 0 aliphatic rings. The van der Waals surface area contributed by atoms with Gasteiger partial charge in [0.1, 0.15) is 11.5 Å². The van der Waals surface area contributed by atoms with Crippen LogP contribution in [0.15, 0.2) is 60.7 Å². The summed E-state index contributed by atoms with van der Waals surface area (Å²) in [5.41, 5.74) is 11.9. The molecule has 26 heavy (non-hydrogen) atoms. The lowest BCUT2D eigenvalue weighted by atomic mass is 10.2. The van der Waals surface area contributed by atoms with Crippen molar-refractivity contribution in [2.75, 3.05) is 11.5 Å². The van der Waals surface area contributed by atoms with Crippen LogP contribution in [-0.2, 0) is 0 Å². The third-order valence-electron chi connectivity index (χ3n) is 3.46. The summed E-state index contributed by atoms with van der Waals surface area (Å²) >= 11 is 0. The van der Waals surface area contributed by atoms with Gasteiger partial charge in [-0.25, -0.2) is 10.5 Å². The molecule has 0 fully saturated rings. The van der Waals surface area contributed by atoms with Crippen LogP contribution < -0.4 is 30.7 Å². The maximum atomic E-state index is 8.69. The number of hydrogen-bond acceptors (Lipinski definition) is 8. The Morgan fingerprint density at radius 1 is 0.577 bits per heavy atom. The van der Waals surface area contributed by atoms with Gasteiger partial charge in [0.05, 0.1) is 11.4 Å². The van der Waals surface area contributed by atoms with E-state index in [2.05, 4.69) is 9.78 Å². The van der Waals surface area contributed by atoms with Crippen molar-refractivity contribution in [3.8, 4) is 34.5 Å². The van der Waals surface area contributed by atoms with Gasteiger partial charge < -0.3 is 30.7 Å². The van der Waals surface area contributed by atoms with Crippen LogP contribution in [0.4, 0.5) is 11.4 Å². The number of hydrogen-bond donors (Lipinski definition) is 4. The molecule has 0 heterocycles. The highest BCUT2D eigenvalue weighted by atomic mass is 17.1. The van der Waals surface area contributed by atoms with Gasteiger partial charge in [-0.3, -0.25) is 0 Å². The zero-order valence-corrected chi connectivity index (χ0v) is 13.5. The van der Waals surface area contributed by atoms with Crippen molar-refractivity contribution >= 4 is 11.4 Å². The van der Waals surface area contributed by atoms with Crippen molar-refractivity contribution in [2.45, 2.75) is 0 Å². The minimum Gasteiger partial charge on any atom is -0.453 e. The first-order chi connectivity index (χ1) is 12.6. The second kappa shape index (κ2) is 7.51. The van der Waals surface area contributed by atoms with Gasteiger partial charge in [-0.05, 0) is 36.4 Å². The van der Waals surface area contributed by atoms with Crippen LogP contribution in [0.1, 0.15) is 0 Å². The largest absolute Gasteiger partial charge is 0.453 e. The Hall–Kier alpha value is -3.62. The maximum absolute atomic E-state index is 8.69. The van der Waals surface area contributed by atoms with Gasteiger partial charge in [-0.15, -0.1) is 0 Å². The number of rotatable bonds is 6. The molecule has 8 nitrogen and oxygen atoms in total. The summed E-state index contributed by atoms with van der Waals surface area (Å²) in [4.78, 5) is 8.28. The molecule has 0 amide bonds. The molecule has 0 bridgehead atoms. The maximum Gasteiger partial charge on any atom is 0.188 e. The number of nitrogens with two attached hydrogens (primary N) is 2. The minimum absolute atomic E-state index is 0.128. The van der Waals surface area contributed by atoms with E-state index < -0.39 is 0 Å². The number of nitrogen functional groups attached to an aromatic ring is 2. The Balaban J connectivity index is 1.84. The highest BCUT2D eigenvalue weighted by Crippen LogP contribution is 2.37. The average molecular weight is 356 g/mol. The van der Waals surface area contributed by atoms with E-state index in [1.807, 2.05) is 0 Å². The van der Waals surface area contributed by atoms with Gasteiger partial charge in [0.15, 0.2) is 23.0 Å². The Labute approximate surface area is 148 Å². The van der Waals surface area contributed by atoms with E-state index in [9.17, 15) is 0 Å². The molecule has 0 atom stereocenters. The van der Waals surface area contributed by atoms with E-state index in [0.717, 1.165) is 0 Å². The number of benzene rings is 3. The molecule has 8 heteroatoms. The fraction of sp³-hybridized carbons (Fsp3) is 0. The fourth-order valence-electron chi connectivity index (χ4n) is 2.22. The molecule has 0 radical (unpaired) electrons. The van der Waals surface area contributed by atoms with Crippen LogP contribution >= 0.6 is 0 Å². The Morgan fingerprint density at radius 2 is 1.00 bits per heavy atom. The smallest absolute Gasteiger partial charge is 0.188 e. The van der Waals surface area contributed by atoms with E-state index in [-0.39, 0.29) is 22.9 Å². The molecule has 0 spiro atoms. The first-order valence-electron chi connectivity index (χ1n) is 7.47. The molecule has 134 valence electrons. The summed E-state index contributed by atoms with van der Waals surface area (Å²) in [6.45, 7) is 0. The van der Waals surface area contributed by atoms with E-state index in [0.29, 0.717) is 23.0 Å². The van der Waals surface area contributed by atoms with Crippen LogP contribution in [0.25, 0.3) is 0 Å². The summed E-state index contributed by atoms with van der Waals surface area (Å²) in [6, 6.07) is 16.1. The highest BCUT2D eigenvalue weighted by Gasteiger charge is 2.10. The topological polar surface area (TPSA) is 129 Å². The number of para-hydroxylation sites is 2. The molecule has 3 rings (SSSR count). The molecule has 0 aliphatic heterocycles. The van der Waals surface area contributed by atoms with Crippen molar-refractivity contribution in [1.82, 2.24) is 0 Å². The molecular weight excluding hydrogens is 340 g/mol. The molecule has 0 aliphatic carbocycles. The molecule has 0 saturated heterocycles. The molecule has 3 aromatic rings. The normalized spacial score (nSPS) is 10.2. The lowest BCUT2D eigenvalue weighted by molar-refractivity contribution is -0.136. The van der Waals surface area contributed by atoms with Crippen molar-refractivity contribution < 1.29 is 29.8 Å². The molecular formula is C18H16N2O6. The van der Waals surface area contributed by atoms with E-state index >= 15 is 0 Å². The van der Waals surface area contributed by atoms with Crippen molar-refractivity contribution in [3.05, 3.63) is 60.7 Å². The van der Waals surface area contributed by atoms with Crippen LogP contribution in [-0.4, -0.2) is 10.5 Å². The van der Waals surface area contributed by atoms with Gasteiger partial charge in [0.25, 0.3) is 0 Å². The van der Waals surface area contributed by atoms with Gasteiger partial charge in [0, 0.05) is 12.1 Å². The van der Waals surface area contributed by atoms with Crippen LogP contribution in [0.3, 0.4) is 0 Å². The quantitative estimate of drug-likeness (QED) is 0.294. The monoisotopic (exact) mass is 356 g/mol. The average Bonchev–Trinajstić information content (AvgIpc) is 2.64. The SMILES string of the molecule is Nc1cc(Oc2ccccc2Oc2ccc(OO)c(N)c2)ccc1OO. The zero-order valence-electron chi connectivity index (χ0n) is 13.5. The molecule has 3 aromatic carbocycles. The van der Waals surface area contributed by atoms with Crippen molar-refractivity contribution in [2.24, 2.45) is 0 Å². The number of anilines is 2. The zero-order chi connectivity index (χ0) is 18.5. The molecule has 6 N–H and O–H groups in total. The summed E-state index contributed by atoms with van der Waals surface area (Å²) in [7, 11) is 0. The Bertz CT molecular complexity index is 841. The van der Waals surface area contributed by atoms with Gasteiger partial charge in [-0.2, -0.15) is 0 Å². The number of ether oxygens (including phenoxy) is 2.